The van der Waals surface area contributed by atoms with Crippen LogP contribution in [0.1, 0.15) is 51.5 Å². The van der Waals surface area contributed by atoms with Crippen LogP contribution in [0.5, 0.6) is 11.5 Å². The van der Waals surface area contributed by atoms with E-state index in [2.05, 4.69) is 15.6 Å². The molecule has 7 nitrogen and oxygen atoms in total. The Hall–Kier alpha value is -3.46. The van der Waals surface area contributed by atoms with Crippen molar-refractivity contribution in [2.45, 2.75) is 44.4 Å². The Morgan fingerprint density at radius 3 is 2.26 bits per heavy atom. The highest BCUT2D eigenvalue weighted by atomic mass is 32.1. The van der Waals surface area contributed by atoms with Gasteiger partial charge in [-0.1, -0.05) is 24.3 Å². The number of hydrogen-bond acceptors (Lipinski definition) is 6. The van der Waals surface area contributed by atoms with Crippen LogP contribution in [0.2, 0.25) is 0 Å². The van der Waals surface area contributed by atoms with Crippen molar-refractivity contribution in [3.05, 3.63) is 76.0 Å². The van der Waals surface area contributed by atoms with Crippen LogP contribution in [-0.4, -0.2) is 36.0 Å². The summed E-state index contributed by atoms with van der Waals surface area (Å²) in [5, 5.41) is 8.33. The Bertz CT molecular complexity index is 1140. The lowest BCUT2D eigenvalue weighted by Crippen LogP contribution is -2.44. The number of rotatable bonds is 8. The highest BCUT2D eigenvalue weighted by Gasteiger charge is 2.25. The van der Waals surface area contributed by atoms with Crippen LogP contribution in [0.3, 0.4) is 0 Å². The predicted octanol–water partition coefficient (Wildman–Crippen LogP) is 4.34. The minimum absolute atomic E-state index is 0.00379. The summed E-state index contributed by atoms with van der Waals surface area (Å²) in [6.45, 7) is 0.241. The van der Waals surface area contributed by atoms with Gasteiger partial charge in [0.25, 0.3) is 11.8 Å². The van der Waals surface area contributed by atoms with Gasteiger partial charge in [0, 0.05) is 17.5 Å². The Kier molecular flexibility index (Phi) is 7.74. The Balaban J connectivity index is 1.23. The van der Waals surface area contributed by atoms with Gasteiger partial charge >= 0.3 is 0 Å². The lowest BCUT2D eigenvalue weighted by Gasteiger charge is -2.29. The maximum Gasteiger partial charge on any atom is 0.270 e. The number of para-hydroxylation sites is 2. The van der Waals surface area contributed by atoms with Gasteiger partial charge < -0.3 is 20.1 Å². The van der Waals surface area contributed by atoms with Gasteiger partial charge in [-0.2, -0.15) is 0 Å². The predicted molar refractivity (Wildman–Crippen MR) is 127 cm³/mol. The van der Waals surface area contributed by atoms with Gasteiger partial charge in [-0.3, -0.25) is 9.59 Å². The van der Waals surface area contributed by atoms with Crippen molar-refractivity contribution in [1.29, 1.82) is 0 Å². The largest absolute Gasteiger partial charge is 0.493 e. The molecule has 1 saturated carbocycles. The first-order valence-corrected chi connectivity index (χ1v) is 12.0. The zero-order chi connectivity index (χ0) is 23.9. The first kappa shape index (κ1) is 23.7. The first-order chi connectivity index (χ1) is 16.5. The molecule has 1 aliphatic rings. The van der Waals surface area contributed by atoms with Crippen LogP contribution in [0.15, 0.2) is 53.9 Å². The molecule has 0 unspecified atom stereocenters. The summed E-state index contributed by atoms with van der Waals surface area (Å²) in [4.78, 5) is 29.3. The van der Waals surface area contributed by atoms with E-state index in [1.807, 2.05) is 24.3 Å². The van der Waals surface area contributed by atoms with Crippen LogP contribution >= 0.6 is 11.3 Å². The summed E-state index contributed by atoms with van der Waals surface area (Å²) >= 11 is 1.36. The number of thiazole rings is 1. The van der Waals surface area contributed by atoms with Crippen molar-refractivity contribution in [1.82, 2.24) is 15.6 Å². The van der Waals surface area contributed by atoms with Crippen molar-refractivity contribution in [2.75, 3.05) is 7.11 Å². The average Bonchev–Trinajstić information content (AvgIpc) is 3.33. The normalized spacial score (nSPS) is 17.6. The molecule has 2 amide bonds. The second-order valence-electron chi connectivity index (χ2n) is 8.04. The molecule has 1 aromatic heterocycles. The zero-order valence-electron chi connectivity index (χ0n) is 18.8. The molecule has 0 aliphatic heterocycles. The highest BCUT2D eigenvalue weighted by Crippen LogP contribution is 2.27. The molecule has 1 fully saturated rings. The molecule has 34 heavy (non-hydrogen) atoms. The molecule has 3 aromatic rings. The molecule has 1 aliphatic carbocycles. The fourth-order valence-corrected chi connectivity index (χ4v) is 4.59. The van der Waals surface area contributed by atoms with Gasteiger partial charge in [-0.05, 0) is 49.9 Å². The second-order valence-corrected chi connectivity index (χ2v) is 8.98. The summed E-state index contributed by atoms with van der Waals surface area (Å²) in [6, 6.07) is 13.3. The quantitative estimate of drug-likeness (QED) is 0.498. The SMILES string of the molecule is COc1ccccc1OCc1nc(C(=O)NC2CCC(NC(=O)c3ccccc3F)CC2)cs1. The van der Waals surface area contributed by atoms with Gasteiger partial charge in [-0.25, -0.2) is 9.37 Å². The van der Waals surface area contributed by atoms with Crippen molar-refractivity contribution in [3.63, 3.8) is 0 Å². The summed E-state index contributed by atoms with van der Waals surface area (Å²) in [6.07, 6.45) is 2.87. The number of carbonyl (C=O) groups excluding carboxylic acids is 2. The fraction of sp³-hybridized carbons (Fsp3) is 0.320. The third-order valence-corrected chi connectivity index (χ3v) is 6.54. The van der Waals surface area contributed by atoms with E-state index in [1.54, 1.807) is 24.6 Å². The van der Waals surface area contributed by atoms with Crippen LogP contribution in [0.4, 0.5) is 4.39 Å². The Labute approximate surface area is 201 Å². The van der Waals surface area contributed by atoms with E-state index in [4.69, 9.17) is 9.47 Å². The average molecular weight is 484 g/mol. The minimum atomic E-state index is -0.531. The number of nitrogens with zero attached hydrogens (tertiary/aromatic N) is 1. The third kappa shape index (κ3) is 5.91. The summed E-state index contributed by atoms with van der Waals surface area (Å²) in [5.74, 6) is 0.0919. The molecule has 0 radical (unpaired) electrons. The number of nitrogens with one attached hydrogen (secondary N) is 2. The van der Waals surface area contributed by atoms with Crippen molar-refractivity contribution >= 4 is 23.2 Å². The van der Waals surface area contributed by atoms with E-state index in [0.717, 1.165) is 12.8 Å². The van der Waals surface area contributed by atoms with E-state index in [1.165, 1.54) is 23.5 Å². The molecule has 0 saturated heterocycles. The van der Waals surface area contributed by atoms with Crippen molar-refractivity contribution in [2.24, 2.45) is 0 Å². The topological polar surface area (TPSA) is 89.6 Å². The zero-order valence-corrected chi connectivity index (χ0v) is 19.6. The number of benzene rings is 2. The molecule has 9 heteroatoms. The number of aromatic nitrogens is 1. The maximum atomic E-state index is 13.8. The lowest BCUT2D eigenvalue weighted by molar-refractivity contribution is 0.0887. The van der Waals surface area contributed by atoms with Gasteiger partial charge in [0.2, 0.25) is 0 Å². The van der Waals surface area contributed by atoms with E-state index in [9.17, 15) is 14.0 Å². The van der Waals surface area contributed by atoms with Gasteiger partial charge in [0.05, 0.1) is 12.7 Å². The number of hydrogen-bond donors (Lipinski definition) is 2. The molecule has 178 valence electrons. The number of carbonyl (C=O) groups is 2. The van der Waals surface area contributed by atoms with Gasteiger partial charge in [0.1, 0.15) is 23.1 Å². The highest BCUT2D eigenvalue weighted by molar-refractivity contribution is 7.09. The molecule has 2 N–H and O–H groups in total. The minimum Gasteiger partial charge on any atom is -0.493 e. The van der Waals surface area contributed by atoms with E-state index < -0.39 is 11.7 Å². The molecule has 4 rings (SSSR count). The van der Waals surface area contributed by atoms with Crippen LogP contribution in [0, 0.1) is 5.82 Å². The standard InChI is InChI=1S/C25H26FN3O4S/c1-32-21-8-4-5-9-22(21)33-14-23-29-20(15-34-23)25(31)28-17-12-10-16(11-13-17)27-24(30)18-6-2-3-7-19(18)26/h2-9,15-17H,10-14H2,1H3,(H,27,30)(H,28,31). The van der Waals surface area contributed by atoms with E-state index >= 15 is 0 Å². The van der Waals surface area contributed by atoms with E-state index in [0.29, 0.717) is 35.0 Å². The Morgan fingerprint density at radius 2 is 1.59 bits per heavy atom. The van der Waals surface area contributed by atoms with Crippen LogP contribution < -0.4 is 20.1 Å². The van der Waals surface area contributed by atoms with Crippen LogP contribution in [0.25, 0.3) is 0 Å². The molecule has 1 heterocycles. The molecular weight excluding hydrogens is 457 g/mol. The number of ether oxygens (including phenoxy) is 2. The maximum absolute atomic E-state index is 13.8. The summed E-state index contributed by atoms with van der Waals surface area (Å²) in [7, 11) is 1.58. The molecule has 0 bridgehead atoms. The number of halogens is 1. The van der Waals surface area contributed by atoms with Crippen molar-refractivity contribution < 1.29 is 23.5 Å². The van der Waals surface area contributed by atoms with Gasteiger partial charge in [-0.15, -0.1) is 11.3 Å². The van der Waals surface area contributed by atoms with Crippen LogP contribution in [-0.2, 0) is 6.61 Å². The van der Waals surface area contributed by atoms with E-state index in [-0.39, 0.29) is 30.2 Å². The molecule has 2 aromatic carbocycles. The summed E-state index contributed by atoms with van der Waals surface area (Å²) in [5.41, 5.74) is 0.408. The monoisotopic (exact) mass is 483 g/mol. The third-order valence-electron chi connectivity index (χ3n) is 5.72. The molecule has 0 atom stereocenters. The molecule has 0 spiro atoms. The summed E-state index contributed by atoms with van der Waals surface area (Å²) < 4.78 is 24.9. The smallest absolute Gasteiger partial charge is 0.270 e. The number of methoxy groups -OCH3 is 1. The fourth-order valence-electron chi connectivity index (χ4n) is 3.91. The molecular formula is C25H26FN3O4S. The first-order valence-electron chi connectivity index (χ1n) is 11.1. The Morgan fingerprint density at radius 1 is 0.971 bits per heavy atom. The van der Waals surface area contributed by atoms with Gasteiger partial charge in [0.15, 0.2) is 11.5 Å². The second kappa shape index (κ2) is 11.1. The van der Waals surface area contributed by atoms with Crippen molar-refractivity contribution in [3.8, 4) is 11.5 Å². The number of amides is 2. The lowest BCUT2D eigenvalue weighted by atomic mass is 9.91.